The molecule has 102 valence electrons. The van der Waals surface area contributed by atoms with Gasteiger partial charge in [0.15, 0.2) is 12.7 Å². The molecule has 0 aliphatic heterocycles. The van der Waals surface area contributed by atoms with E-state index in [0.717, 1.165) is 0 Å². The number of hydrogen-bond donors (Lipinski definition) is 2. The van der Waals surface area contributed by atoms with Crippen molar-refractivity contribution in [2.75, 3.05) is 0 Å². The molecule has 0 aromatic carbocycles. The fourth-order valence-corrected chi connectivity index (χ4v) is 1.48. The number of carbonyl (C=O) groups is 2. The summed E-state index contributed by atoms with van der Waals surface area (Å²) in [5.74, 6) is -1.52. The van der Waals surface area contributed by atoms with Crippen molar-refractivity contribution in [1.82, 2.24) is 15.1 Å². The van der Waals surface area contributed by atoms with E-state index in [4.69, 9.17) is 10.8 Å². The lowest BCUT2D eigenvalue weighted by molar-refractivity contribution is -0.752. The summed E-state index contributed by atoms with van der Waals surface area (Å²) in [5, 5.41) is 12.7. The molecule has 0 aliphatic rings. The first-order valence-electron chi connectivity index (χ1n) is 5.76. The van der Waals surface area contributed by atoms with Gasteiger partial charge in [-0.25, -0.2) is 4.98 Å². The molecule has 0 aliphatic carbocycles. The number of nitrogens with zero attached hydrogens (tertiary/aromatic N) is 4. The van der Waals surface area contributed by atoms with Crippen molar-refractivity contribution in [1.29, 1.82) is 0 Å². The average Bonchev–Trinajstić information content (AvgIpc) is 2.46. The zero-order chi connectivity index (χ0) is 14.5. The standard InChI is InChI=1S/C12H11N5O3/c13-12(20)10-7-14-9(6-15-10)8-1-3-17(16-5-8)4-2-11(18)19/h1,3,5-7H,2,4H2,(H2-,13,18,19,20)/p+1. The van der Waals surface area contributed by atoms with Crippen molar-refractivity contribution < 1.29 is 19.4 Å². The van der Waals surface area contributed by atoms with Gasteiger partial charge < -0.3 is 10.8 Å². The fourth-order valence-electron chi connectivity index (χ4n) is 1.48. The number of hydrogen-bond acceptors (Lipinski definition) is 5. The Balaban J connectivity index is 2.13. The third-order valence-corrected chi connectivity index (χ3v) is 2.53. The number of nitrogens with two attached hydrogens (primary N) is 1. The summed E-state index contributed by atoms with van der Waals surface area (Å²) in [6, 6.07) is 1.74. The van der Waals surface area contributed by atoms with Crippen molar-refractivity contribution in [3.8, 4) is 11.3 Å². The monoisotopic (exact) mass is 274 g/mol. The van der Waals surface area contributed by atoms with Gasteiger partial charge in [-0.3, -0.25) is 14.6 Å². The van der Waals surface area contributed by atoms with Crippen LogP contribution in [0, 0.1) is 0 Å². The molecule has 0 unspecified atom stereocenters. The second kappa shape index (κ2) is 5.83. The minimum atomic E-state index is -0.878. The van der Waals surface area contributed by atoms with E-state index < -0.39 is 11.9 Å². The molecule has 0 saturated heterocycles. The Morgan fingerprint density at radius 3 is 2.55 bits per heavy atom. The van der Waals surface area contributed by atoms with E-state index in [1.165, 1.54) is 17.1 Å². The number of carbonyl (C=O) groups excluding carboxylic acids is 1. The summed E-state index contributed by atoms with van der Waals surface area (Å²) in [6.07, 6.45) is 5.93. The van der Waals surface area contributed by atoms with Gasteiger partial charge in [0, 0.05) is 11.6 Å². The number of carboxylic acids is 1. The van der Waals surface area contributed by atoms with E-state index in [0.29, 0.717) is 17.8 Å². The van der Waals surface area contributed by atoms with Crippen LogP contribution in [0.4, 0.5) is 0 Å². The van der Waals surface area contributed by atoms with Crippen molar-refractivity contribution in [3.05, 3.63) is 36.5 Å². The lowest BCUT2D eigenvalue weighted by atomic mass is 10.2. The maximum Gasteiger partial charge on any atom is 0.309 e. The van der Waals surface area contributed by atoms with Gasteiger partial charge in [-0.2, -0.15) is 0 Å². The summed E-state index contributed by atoms with van der Waals surface area (Å²) in [7, 11) is 0. The molecule has 0 atom stereocenters. The Kier molecular flexibility index (Phi) is 3.94. The van der Waals surface area contributed by atoms with Crippen LogP contribution in [-0.4, -0.2) is 32.0 Å². The molecule has 0 radical (unpaired) electrons. The molecule has 0 spiro atoms. The van der Waals surface area contributed by atoms with Crippen LogP contribution in [0.3, 0.4) is 0 Å². The van der Waals surface area contributed by atoms with Gasteiger partial charge in [-0.1, -0.05) is 4.68 Å². The Bertz CT molecular complexity index is 625. The topological polar surface area (TPSA) is 123 Å². The molecule has 0 bridgehead atoms. The van der Waals surface area contributed by atoms with Gasteiger partial charge in [0.2, 0.25) is 0 Å². The van der Waals surface area contributed by atoms with Gasteiger partial charge in [-0.15, -0.1) is 0 Å². The number of aliphatic carboxylic acids is 1. The smallest absolute Gasteiger partial charge is 0.309 e. The van der Waals surface area contributed by atoms with Crippen LogP contribution in [0.1, 0.15) is 16.9 Å². The molecule has 1 amide bonds. The number of aryl methyl sites for hydroxylation is 1. The zero-order valence-corrected chi connectivity index (χ0v) is 10.4. The summed E-state index contributed by atoms with van der Waals surface area (Å²) in [6.45, 7) is 0.294. The molecule has 2 aromatic rings. The molecule has 3 N–H and O–H groups in total. The van der Waals surface area contributed by atoms with Gasteiger partial charge >= 0.3 is 5.97 Å². The van der Waals surface area contributed by atoms with Gasteiger partial charge in [0.05, 0.1) is 18.1 Å². The SMILES string of the molecule is NC(=O)c1cnc(-c2cc[n+](CCC(=O)O)nc2)cn1. The average molecular weight is 274 g/mol. The maximum absolute atomic E-state index is 10.9. The lowest BCUT2D eigenvalue weighted by Crippen LogP contribution is -2.38. The van der Waals surface area contributed by atoms with Crippen LogP contribution in [0.5, 0.6) is 0 Å². The highest BCUT2D eigenvalue weighted by atomic mass is 16.4. The van der Waals surface area contributed by atoms with E-state index >= 15 is 0 Å². The first kappa shape index (κ1) is 13.5. The number of carboxylic acid groups (broad SMARTS) is 1. The molecule has 8 heteroatoms. The zero-order valence-electron chi connectivity index (χ0n) is 10.4. The predicted molar refractivity (Wildman–Crippen MR) is 66.2 cm³/mol. The van der Waals surface area contributed by atoms with Gasteiger partial charge in [0.25, 0.3) is 5.91 Å². The number of amides is 1. The molecule has 0 saturated carbocycles. The predicted octanol–water partition coefficient (Wildman–Crippen LogP) is -0.600. The second-order valence-electron chi connectivity index (χ2n) is 3.97. The number of aromatic nitrogens is 4. The van der Waals surface area contributed by atoms with Crippen molar-refractivity contribution in [2.45, 2.75) is 13.0 Å². The molecule has 8 nitrogen and oxygen atoms in total. The van der Waals surface area contributed by atoms with Crippen LogP contribution in [0.15, 0.2) is 30.9 Å². The Morgan fingerprint density at radius 2 is 2.05 bits per heavy atom. The van der Waals surface area contributed by atoms with E-state index in [1.807, 2.05) is 0 Å². The molecule has 2 rings (SSSR count). The molecular formula is C12H12N5O3+. The van der Waals surface area contributed by atoms with Crippen LogP contribution in [0.2, 0.25) is 0 Å². The molecule has 20 heavy (non-hydrogen) atoms. The summed E-state index contributed by atoms with van der Waals surface area (Å²) in [5.41, 5.74) is 6.42. The third-order valence-electron chi connectivity index (χ3n) is 2.53. The quantitative estimate of drug-likeness (QED) is 0.702. The lowest BCUT2D eigenvalue weighted by Gasteiger charge is -1.99. The fraction of sp³-hybridized carbons (Fsp3) is 0.167. The van der Waals surface area contributed by atoms with Crippen molar-refractivity contribution in [3.63, 3.8) is 0 Å². The highest BCUT2D eigenvalue weighted by molar-refractivity contribution is 5.90. The number of rotatable bonds is 5. The summed E-state index contributed by atoms with van der Waals surface area (Å²) >= 11 is 0. The molecule has 0 fully saturated rings. The van der Waals surface area contributed by atoms with Crippen LogP contribution >= 0.6 is 0 Å². The van der Waals surface area contributed by atoms with E-state index in [-0.39, 0.29) is 12.1 Å². The largest absolute Gasteiger partial charge is 0.481 e. The molecular weight excluding hydrogens is 262 g/mol. The molecule has 2 aromatic heterocycles. The minimum Gasteiger partial charge on any atom is -0.481 e. The number of primary amides is 1. The maximum atomic E-state index is 10.9. The minimum absolute atomic E-state index is 0.00409. The van der Waals surface area contributed by atoms with E-state index in [1.54, 1.807) is 18.5 Å². The summed E-state index contributed by atoms with van der Waals surface area (Å²) in [4.78, 5) is 29.3. The van der Waals surface area contributed by atoms with Gasteiger partial charge in [0.1, 0.15) is 18.3 Å². The van der Waals surface area contributed by atoms with Crippen LogP contribution < -0.4 is 10.4 Å². The highest BCUT2D eigenvalue weighted by Crippen LogP contribution is 2.12. The first-order chi connectivity index (χ1) is 9.56. The van der Waals surface area contributed by atoms with Gasteiger partial charge in [-0.05, 0) is 5.10 Å². The first-order valence-corrected chi connectivity index (χ1v) is 5.76. The van der Waals surface area contributed by atoms with Crippen molar-refractivity contribution >= 4 is 11.9 Å². The Labute approximate surface area is 113 Å². The second-order valence-corrected chi connectivity index (χ2v) is 3.97. The molecule has 2 heterocycles. The van der Waals surface area contributed by atoms with E-state index in [2.05, 4.69) is 15.1 Å². The summed E-state index contributed by atoms with van der Waals surface area (Å²) < 4.78 is 1.52. The normalized spacial score (nSPS) is 10.2. The Morgan fingerprint density at radius 1 is 1.25 bits per heavy atom. The van der Waals surface area contributed by atoms with Crippen LogP contribution in [0.25, 0.3) is 11.3 Å². The van der Waals surface area contributed by atoms with Crippen molar-refractivity contribution in [2.24, 2.45) is 5.73 Å². The third kappa shape index (κ3) is 3.31. The van der Waals surface area contributed by atoms with E-state index in [9.17, 15) is 9.59 Å². The van der Waals surface area contributed by atoms with Crippen LogP contribution in [-0.2, 0) is 11.3 Å². The highest BCUT2D eigenvalue weighted by Gasteiger charge is 2.09. The Hall–Kier alpha value is -2.90.